The van der Waals surface area contributed by atoms with E-state index in [0.29, 0.717) is 17.5 Å². The van der Waals surface area contributed by atoms with E-state index in [-0.39, 0.29) is 55.6 Å². The van der Waals surface area contributed by atoms with Crippen molar-refractivity contribution in [3.63, 3.8) is 0 Å². The van der Waals surface area contributed by atoms with Crippen molar-refractivity contribution in [1.82, 2.24) is 10.2 Å². The van der Waals surface area contributed by atoms with Gasteiger partial charge in [-0.15, -0.1) is 13.2 Å². The van der Waals surface area contributed by atoms with Gasteiger partial charge < -0.3 is 9.64 Å². The smallest absolute Gasteiger partial charge is 0.406 e. The van der Waals surface area contributed by atoms with Crippen LogP contribution >= 0.6 is 0 Å². The molecule has 10 heteroatoms. The number of amides is 3. The molecule has 2 heterocycles. The number of Topliss-reactive ketones (excluding diaryl/α,β-unsaturated/α-hetero) is 1. The molecule has 2 aliphatic rings. The first-order valence-electron chi connectivity index (χ1n) is 10.7. The highest BCUT2D eigenvalue weighted by Gasteiger charge is 2.39. The quantitative estimate of drug-likeness (QED) is 0.623. The van der Waals surface area contributed by atoms with Crippen LogP contribution in [-0.4, -0.2) is 40.8 Å². The fourth-order valence-corrected chi connectivity index (χ4v) is 4.19. The number of carbonyl (C=O) groups is 4. The summed E-state index contributed by atoms with van der Waals surface area (Å²) in [4.78, 5) is 50.1. The number of piperidine rings is 1. The molecule has 7 nitrogen and oxygen atoms in total. The van der Waals surface area contributed by atoms with E-state index < -0.39 is 18.3 Å². The minimum absolute atomic E-state index is 0.0776. The molecule has 0 saturated carbocycles. The van der Waals surface area contributed by atoms with Gasteiger partial charge in [-0.3, -0.25) is 24.5 Å². The van der Waals surface area contributed by atoms with Crippen LogP contribution in [0.1, 0.15) is 46.3 Å². The van der Waals surface area contributed by atoms with E-state index in [1.54, 1.807) is 12.1 Å². The number of hydrogen-bond donors (Lipinski definition) is 1. The molecule has 1 atom stereocenters. The second-order valence-corrected chi connectivity index (χ2v) is 8.30. The van der Waals surface area contributed by atoms with Crippen LogP contribution in [-0.2, 0) is 33.8 Å². The Labute approximate surface area is 192 Å². The molecule has 0 bridgehead atoms. The molecular formula is C24H21F3N2O5. The SMILES string of the molecule is O=C(CCc1ccc2c(c1)CN(C1CCC(=O)NC1=O)C2=O)Cc1ccc(OC(F)(F)F)cc1. The maximum absolute atomic E-state index is 12.7. The molecule has 4 rings (SSSR count). The number of ketones is 1. The number of fused-ring (bicyclic) bond motifs is 1. The molecule has 1 fully saturated rings. The monoisotopic (exact) mass is 474 g/mol. The van der Waals surface area contributed by atoms with Gasteiger partial charge in [0.15, 0.2) is 0 Å². The third kappa shape index (κ3) is 5.44. The van der Waals surface area contributed by atoms with Gasteiger partial charge in [0.2, 0.25) is 11.8 Å². The second-order valence-electron chi connectivity index (χ2n) is 8.30. The summed E-state index contributed by atoms with van der Waals surface area (Å²) in [6, 6.07) is 9.78. The van der Waals surface area contributed by atoms with Crippen LogP contribution in [0.2, 0.25) is 0 Å². The van der Waals surface area contributed by atoms with Crippen molar-refractivity contribution >= 4 is 23.5 Å². The Balaban J connectivity index is 1.32. The van der Waals surface area contributed by atoms with Crippen LogP contribution in [0.25, 0.3) is 0 Å². The van der Waals surface area contributed by atoms with E-state index in [4.69, 9.17) is 0 Å². The second kappa shape index (κ2) is 9.28. The third-order valence-corrected chi connectivity index (χ3v) is 5.84. The molecule has 1 N–H and O–H groups in total. The highest BCUT2D eigenvalue weighted by molar-refractivity contribution is 6.05. The Hall–Kier alpha value is -3.69. The number of nitrogens with zero attached hydrogens (tertiary/aromatic N) is 1. The first-order valence-corrected chi connectivity index (χ1v) is 10.7. The minimum Gasteiger partial charge on any atom is -0.406 e. The van der Waals surface area contributed by atoms with Gasteiger partial charge in [-0.05, 0) is 47.7 Å². The summed E-state index contributed by atoms with van der Waals surface area (Å²) in [6.07, 6.45) is -3.55. The molecule has 178 valence electrons. The van der Waals surface area contributed by atoms with Crippen LogP contribution in [0, 0.1) is 0 Å². The van der Waals surface area contributed by atoms with Crippen molar-refractivity contribution in [3.05, 3.63) is 64.7 Å². The number of aryl methyl sites for hydroxylation is 1. The lowest BCUT2D eigenvalue weighted by Crippen LogP contribution is -2.52. The number of rotatable bonds is 7. The van der Waals surface area contributed by atoms with E-state index in [9.17, 15) is 32.3 Å². The van der Waals surface area contributed by atoms with Crippen LogP contribution in [0.5, 0.6) is 5.75 Å². The van der Waals surface area contributed by atoms with Gasteiger partial charge in [0.25, 0.3) is 5.91 Å². The topological polar surface area (TPSA) is 92.8 Å². The maximum Gasteiger partial charge on any atom is 0.573 e. The standard InChI is InChI=1S/C24H21F3N2O5/c25-24(26,27)34-18-6-2-15(3-7-18)12-17(30)5-1-14-4-8-19-16(11-14)13-29(23(19)33)20-9-10-21(31)28-22(20)32/h2-4,6-8,11,20H,1,5,9-10,12-13H2,(H,28,31,32). The van der Waals surface area contributed by atoms with Crippen molar-refractivity contribution in [1.29, 1.82) is 0 Å². The molecule has 0 spiro atoms. The van der Waals surface area contributed by atoms with E-state index >= 15 is 0 Å². The highest BCUT2D eigenvalue weighted by atomic mass is 19.4. The van der Waals surface area contributed by atoms with E-state index in [0.717, 1.165) is 11.1 Å². The molecule has 3 amide bonds. The normalized spacial score (nSPS) is 18.0. The Bertz CT molecular complexity index is 1140. The number of alkyl halides is 3. The van der Waals surface area contributed by atoms with Gasteiger partial charge >= 0.3 is 6.36 Å². The number of benzene rings is 2. The summed E-state index contributed by atoms with van der Waals surface area (Å²) in [5.74, 6) is -1.50. The molecule has 0 radical (unpaired) electrons. The number of halogens is 3. The maximum atomic E-state index is 12.7. The molecule has 1 saturated heterocycles. The zero-order valence-corrected chi connectivity index (χ0v) is 18.0. The average Bonchev–Trinajstić information content (AvgIpc) is 3.08. The van der Waals surface area contributed by atoms with Gasteiger partial charge in [0.1, 0.15) is 17.6 Å². The molecule has 1 unspecified atom stereocenters. The fraction of sp³-hybridized carbons (Fsp3) is 0.333. The van der Waals surface area contributed by atoms with Gasteiger partial charge in [-0.1, -0.05) is 24.3 Å². The van der Waals surface area contributed by atoms with Crippen LogP contribution in [0.3, 0.4) is 0 Å². The van der Waals surface area contributed by atoms with Crippen molar-refractivity contribution in [2.45, 2.75) is 51.1 Å². The zero-order chi connectivity index (χ0) is 24.5. The number of imide groups is 1. The van der Waals surface area contributed by atoms with E-state index in [1.165, 1.54) is 29.2 Å². The van der Waals surface area contributed by atoms with E-state index in [2.05, 4.69) is 10.1 Å². The van der Waals surface area contributed by atoms with Crippen molar-refractivity contribution in [3.8, 4) is 5.75 Å². The van der Waals surface area contributed by atoms with Crippen molar-refractivity contribution < 1.29 is 37.1 Å². The predicted octanol–water partition coefficient (Wildman–Crippen LogP) is 3.09. The summed E-state index contributed by atoms with van der Waals surface area (Å²) in [7, 11) is 0. The first kappa shape index (κ1) is 23.5. The number of carbonyl (C=O) groups excluding carboxylic acids is 4. The summed E-state index contributed by atoms with van der Waals surface area (Å²) in [5.41, 5.74) is 2.71. The van der Waals surface area contributed by atoms with Crippen molar-refractivity contribution in [2.24, 2.45) is 0 Å². The third-order valence-electron chi connectivity index (χ3n) is 5.84. The van der Waals surface area contributed by atoms with Crippen molar-refractivity contribution in [2.75, 3.05) is 0 Å². The largest absolute Gasteiger partial charge is 0.573 e. The lowest BCUT2D eigenvalue weighted by atomic mass is 9.99. The summed E-state index contributed by atoms with van der Waals surface area (Å²) < 4.78 is 40.5. The summed E-state index contributed by atoms with van der Waals surface area (Å²) in [5, 5.41) is 2.26. The molecule has 0 aliphatic carbocycles. The van der Waals surface area contributed by atoms with Gasteiger partial charge in [0, 0.05) is 31.4 Å². The number of nitrogens with one attached hydrogen (secondary N) is 1. The number of ether oxygens (including phenoxy) is 1. The summed E-state index contributed by atoms with van der Waals surface area (Å²) in [6.45, 7) is 0.259. The Morgan fingerprint density at radius 3 is 2.44 bits per heavy atom. The molecule has 2 aromatic carbocycles. The lowest BCUT2D eigenvalue weighted by Gasteiger charge is -2.29. The van der Waals surface area contributed by atoms with Crippen LogP contribution in [0.15, 0.2) is 42.5 Å². The lowest BCUT2D eigenvalue weighted by molar-refractivity contribution is -0.274. The highest BCUT2D eigenvalue weighted by Crippen LogP contribution is 2.28. The molecular weight excluding hydrogens is 453 g/mol. The van der Waals surface area contributed by atoms with Crippen LogP contribution in [0.4, 0.5) is 13.2 Å². The molecule has 2 aromatic rings. The molecule has 2 aliphatic heterocycles. The number of hydrogen-bond acceptors (Lipinski definition) is 5. The summed E-state index contributed by atoms with van der Waals surface area (Å²) >= 11 is 0. The average molecular weight is 474 g/mol. The molecule has 0 aromatic heterocycles. The zero-order valence-electron chi connectivity index (χ0n) is 18.0. The molecule has 34 heavy (non-hydrogen) atoms. The van der Waals surface area contributed by atoms with Gasteiger partial charge in [-0.2, -0.15) is 0 Å². The van der Waals surface area contributed by atoms with Crippen LogP contribution < -0.4 is 10.1 Å². The van der Waals surface area contributed by atoms with Gasteiger partial charge in [-0.25, -0.2) is 0 Å². The predicted molar refractivity (Wildman–Crippen MR) is 113 cm³/mol. The first-order chi connectivity index (χ1) is 16.1. The van der Waals surface area contributed by atoms with E-state index in [1.807, 2.05) is 6.07 Å². The van der Waals surface area contributed by atoms with Gasteiger partial charge in [0.05, 0.1) is 0 Å². The Morgan fingerprint density at radius 1 is 1.06 bits per heavy atom. The minimum atomic E-state index is -4.77. The Kier molecular flexibility index (Phi) is 6.41. The Morgan fingerprint density at radius 2 is 1.76 bits per heavy atom. The fourth-order valence-electron chi connectivity index (χ4n) is 4.19.